The van der Waals surface area contributed by atoms with Crippen LogP contribution in [0.15, 0.2) is 34.5 Å². The highest BCUT2D eigenvalue weighted by molar-refractivity contribution is 5.82. The summed E-state index contributed by atoms with van der Waals surface area (Å²) in [4.78, 5) is 0. The molecule has 8 heteroatoms. The molecule has 8 nitrogen and oxygen atoms in total. The van der Waals surface area contributed by atoms with Crippen LogP contribution in [0.2, 0.25) is 0 Å². The first-order valence-corrected chi connectivity index (χ1v) is 4.57. The van der Waals surface area contributed by atoms with E-state index in [4.69, 9.17) is 20.9 Å². The zero-order valence-corrected chi connectivity index (χ0v) is 9.11. The van der Waals surface area contributed by atoms with E-state index in [9.17, 15) is 0 Å². The van der Waals surface area contributed by atoms with Crippen molar-refractivity contribution < 1.29 is 15.2 Å². The van der Waals surface area contributed by atoms with E-state index in [0.717, 1.165) is 11.3 Å². The molecule has 0 unspecified atom stereocenters. The summed E-state index contributed by atoms with van der Waals surface area (Å²) < 4.78 is 4.99. The molecule has 0 radical (unpaired) electrons. The van der Waals surface area contributed by atoms with Gasteiger partial charge in [0.15, 0.2) is 0 Å². The van der Waals surface area contributed by atoms with Gasteiger partial charge in [-0.3, -0.25) is 10.4 Å². The lowest BCUT2D eigenvalue weighted by atomic mass is 10.2. The van der Waals surface area contributed by atoms with E-state index in [1.807, 2.05) is 5.43 Å². The number of hydrazine groups is 1. The number of benzene rings is 1. The van der Waals surface area contributed by atoms with Gasteiger partial charge in [0.05, 0.1) is 13.3 Å². The summed E-state index contributed by atoms with van der Waals surface area (Å²) in [6.07, 6.45) is 1.45. The number of rotatable bonds is 4. The molecule has 5 N–H and O–H groups in total. The van der Waals surface area contributed by atoms with Gasteiger partial charge in [0, 0.05) is 5.34 Å². The third kappa shape index (κ3) is 4.93. The number of nitrogens with one attached hydrogen (secondary N) is 1. The third-order valence-electron chi connectivity index (χ3n) is 1.70. The van der Waals surface area contributed by atoms with Crippen molar-refractivity contribution in [1.29, 1.82) is 0 Å². The second-order valence-electron chi connectivity index (χ2n) is 2.90. The van der Waals surface area contributed by atoms with Gasteiger partial charge in [0.25, 0.3) is 0 Å². The SMILES string of the molecule is COc1ccc(C=NN=C(N)NN(O)O)cc1. The zero-order valence-electron chi connectivity index (χ0n) is 9.11. The molecule has 92 valence electrons. The first-order chi connectivity index (χ1) is 8.11. The van der Waals surface area contributed by atoms with Gasteiger partial charge in [-0.25, -0.2) is 5.43 Å². The monoisotopic (exact) mass is 239 g/mol. The Hall–Kier alpha value is -2.16. The summed E-state index contributed by atoms with van der Waals surface area (Å²) in [6, 6.07) is 7.11. The minimum atomic E-state index is -0.318. The summed E-state index contributed by atoms with van der Waals surface area (Å²) in [6.45, 7) is 0. The van der Waals surface area contributed by atoms with Crippen LogP contribution in [0.3, 0.4) is 0 Å². The summed E-state index contributed by atoms with van der Waals surface area (Å²) in [5, 5.41) is 23.5. The quantitative estimate of drug-likeness (QED) is 0.332. The molecule has 0 amide bonds. The Balaban J connectivity index is 2.58. The second-order valence-corrected chi connectivity index (χ2v) is 2.90. The third-order valence-corrected chi connectivity index (χ3v) is 1.70. The van der Waals surface area contributed by atoms with E-state index in [-0.39, 0.29) is 11.3 Å². The lowest BCUT2D eigenvalue weighted by Gasteiger charge is -2.05. The lowest BCUT2D eigenvalue weighted by Crippen LogP contribution is -2.41. The number of nitrogens with two attached hydrogens (primary N) is 1. The second kappa shape index (κ2) is 6.43. The smallest absolute Gasteiger partial charge is 0.232 e. The maximum Gasteiger partial charge on any atom is 0.232 e. The first kappa shape index (κ1) is 12.9. The number of nitrogens with zero attached hydrogens (tertiary/aromatic N) is 3. The number of methoxy groups -OCH3 is 1. The number of hydrogen-bond acceptors (Lipinski definition) is 6. The fraction of sp³-hybridized carbons (Fsp3) is 0.111. The molecule has 17 heavy (non-hydrogen) atoms. The molecular weight excluding hydrogens is 226 g/mol. The van der Waals surface area contributed by atoms with E-state index in [1.54, 1.807) is 31.4 Å². The molecule has 0 heterocycles. The van der Waals surface area contributed by atoms with E-state index in [2.05, 4.69) is 10.2 Å². The molecule has 1 rings (SSSR count). The van der Waals surface area contributed by atoms with E-state index in [0.29, 0.717) is 0 Å². The maximum atomic E-state index is 8.35. The molecular formula is C9H13N5O3. The summed E-state index contributed by atoms with van der Waals surface area (Å²) in [7, 11) is 1.58. The van der Waals surface area contributed by atoms with Crippen LogP contribution in [0.4, 0.5) is 0 Å². The van der Waals surface area contributed by atoms with Crippen molar-refractivity contribution in [1.82, 2.24) is 10.8 Å². The molecule has 0 saturated carbocycles. The molecule has 0 saturated heterocycles. The van der Waals surface area contributed by atoms with Crippen LogP contribution < -0.4 is 15.9 Å². The van der Waals surface area contributed by atoms with Crippen molar-refractivity contribution in [2.45, 2.75) is 0 Å². The van der Waals surface area contributed by atoms with Crippen LogP contribution in [0, 0.1) is 0 Å². The summed E-state index contributed by atoms with van der Waals surface area (Å²) >= 11 is 0. The van der Waals surface area contributed by atoms with Crippen LogP contribution in [0.5, 0.6) is 5.75 Å². The van der Waals surface area contributed by atoms with Gasteiger partial charge in [-0.15, -0.1) is 5.10 Å². The predicted molar refractivity (Wildman–Crippen MR) is 60.8 cm³/mol. The molecule has 1 aromatic carbocycles. The average Bonchev–Trinajstić information content (AvgIpc) is 2.29. The molecule has 0 aliphatic carbocycles. The number of hydrogen-bond donors (Lipinski definition) is 4. The molecule has 0 fully saturated rings. The minimum Gasteiger partial charge on any atom is -0.497 e. The summed E-state index contributed by atoms with van der Waals surface area (Å²) in [5.74, 6) is 0.475. The van der Waals surface area contributed by atoms with E-state index >= 15 is 0 Å². The molecule has 1 aromatic rings. The van der Waals surface area contributed by atoms with Gasteiger partial charge in [-0.1, -0.05) is 0 Å². The lowest BCUT2D eigenvalue weighted by molar-refractivity contribution is -0.329. The predicted octanol–water partition coefficient (Wildman–Crippen LogP) is -0.0712. The van der Waals surface area contributed by atoms with Gasteiger partial charge < -0.3 is 10.5 Å². The number of guanidine groups is 1. The first-order valence-electron chi connectivity index (χ1n) is 4.57. The standard InChI is InChI=1S/C9H13N5O3/c1-17-8-4-2-7(3-5-8)6-11-12-9(10)13-14(15)16/h2-6,15-16H,1H3,(H3,10,12,13). The van der Waals surface area contributed by atoms with Crippen LogP contribution in [-0.2, 0) is 0 Å². The van der Waals surface area contributed by atoms with Crippen LogP contribution in [0.1, 0.15) is 5.56 Å². The normalized spacial score (nSPS) is 12.1. The van der Waals surface area contributed by atoms with Gasteiger partial charge in [0.2, 0.25) is 5.96 Å². The van der Waals surface area contributed by atoms with Crippen molar-refractivity contribution in [2.75, 3.05) is 7.11 Å². The van der Waals surface area contributed by atoms with Crippen molar-refractivity contribution in [2.24, 2.45) is 15.9 Å². The largest absolute Gasteiger partial charge is 0.497 e. The van der Waals surface area contributed by atoms with Crippen LogP contribution in [-0.4, -0.2) is 35.0 Å². The molecule has 0 aliphatic rings. The van der Waals surface area contributed by atoms with E-state index in [1.165, 1.54) is 6.21 Å². The molecule has 0 aliphatic heterocycles. The molecule has 0 aromatic heterocycles. The topological polar surface area (TPSA) is 116 Å². The van der Waals surface area contributed by atoms with Gasteiger partial charge in [0.1, 0.15) is 5.75 Å². The maximum absolute atomic E-state index is 8.35. The Morgan fingerprint density at radius 3 is 2.59 bits per heavy atom. The fourth-order valence-corrected chi connectivity index (χ4v) is 0.973. The Labute approximate surface area is 97.5 Å². The Morgan fingerprint density at radius 1 is 1.41 bits per heavy atom. The Bertz CT molecular complexity index is 402. The van der Waals surface area contributed by atoms with E-state index < -0.39 is 0 Å². The van der Waals surface area contributed by atoms with Gasteiger partial charge >= 0.3 is 0 Å². The zero-order chi connectivity index (χ0) is 12.7. The Morgan fingerprint density at radius 2 is 2.06 bits per heavy atom. The highest BCUT2D eigenvalue weighted by Gasteiger charge is 1.94. The molecule has 0 bridgehead atoms. The highest BCUT2D eigenvalue weighted by atomic mass is 16.8. The Kier molecular flexibility index (Phi) is 4.88. The highest BCUT2D eigenvalue weighted by Crippen LogP contribution is 2.09. The van der Waals surface area contributed by atoms with Crippen molar-refractivity contribution in [3.8, 4) is 5.75 Å². The fourth-order valence-electron chi connectivity index (χ4n) is 0.973. The minimum absolute atomic E-state index is 0.264. The van der Waals surface area contributed by atoms with Crippen LogP contribution >= 0.6 is 0 Å². The van der Waals surface area contributed by atoms with Crippen molar-refractivity contribution >= 4 is 12.2 Å². The number of ether oxygens (including phenoxy) is 1. The van der Waals surface area contributed by atoms with Gasteiger partial charge in [-0.05, 0) is 29.8 Å². The molecule has 0 atom stereocenters. The summed E-state index contributed by atoms with van der Waals surface area (Å²) in [5.41, 5.74) is 7.91. The van der Waals surface area contributed by atoms with Crippen LogP contribution in [0.25, 0.3) is 0 Å². The van der Waals surface area contributed by atoms with Crippen molar-refractivity contribution in [3.63, 3.8) is 0 Å². The van der Waals surface area contributed by atoms with Gasteiger partial charge in [-0.2, -0.15) is 5.10 Å². The molecule has 0 spiro atoms. The van der Waals surface area contributed by atoms with Crippen molar-refractivity contribution in [3.05, 3.63) is 29.8 Å². The average molecular weight is 239 g/mol.